The van der Waals surface area contributed by atoms with E-state index in [0.717, 1.165) is 17.1 Å². The summed E-state index contributed by atoms with van der Waals surface area (Å²) in [6, 6.07) is 0.765. The molecule has 7 heteroatoms. The van der Waals surface area contributed by atoms with Crippen LogP contribution in [-0.4, -0.2) is 25.8 Å². The Hall–Kier alpha value is -1.08. The average Bonchev–Trinajstić information content (AvgIpc) is 2.55. The molecule has 1 saturated heterocycles. The van der Waals surface area contributed by atoms with Crippen LogP contribution in [0.2, 0.25) is 0 Å². The van der Waals surface area contributed by atoms with Crippen molar-refractivity contribution >= 4 is 10.0 Å². The van der Waals surface area contributed by atoms with Crippen molar-refractivity contribution in [3.63, 3.8) is 0 Å². The molecule has 0 unspecified atom stereocenters. The zero-order valence-electron chi connectivity index (χ0n) is 10.2. The Morgan fingerprint density at radius 1 is 0.895 bits per heavy atom. The van der Waals surface area contributed by atoms with Gasteiger partial charge in [-0.25, -0.2) is 21.6 Å². The molecule has 1 aliphatic heterocycles. The van der Waals surface area contributed by atoms with Gasteiger partial charge in [-0.1, -0.05) is 12.8 Å². The van der Waals surface area contributed by atoms with Gasteiger partial charge in [-0.05, 0) is 12.8 Å². The first kappa shape index (κ1) is 14.3. The van der Waals surface area contributed by atoms with E-state index in [2.05, 4.69) is 0 Å². The zero-order valence-corrected chi connectivity index (χ0v) is 11.0. The second kappa shape index (κ2) is 5.50. The lowest BCUT2D eigenvalue weighted by molar-refractivity contribution is 0.411. The maximum absolute atomic E-state index is 13.6. The SMILES string of the molecule is O=S(=O)(c1c(F)cc(F)cc1F)N1CCCCCC1. The second-order valence-corrected chi connectivity index (χ2v) is 6.39. The predicted octanol–water partition coefficient (Wildman–Crippen LogP) is 2.67. The van der Waals surface area contributed by atoms with Crippen molar-refractivity contribution in [2.24, 2.45) is 0 Å². The number of rotatable bonds is 2. The number of sulfonamides is 1. The number of halogens is 3. The maximum Gasteiger partial charge on any atom is 0.248 e. The van der Waals surface area contributed by atoms with Crippen LogP contribution in [0.1, 0.15) is 25.7 Å². The van der Waals surface area contributed by atoms with Crippen molar-refractivity contribution in [2.45, 2.75) is 30.6 Å². The molecule has 0 amide bonds. The standard InChI is InChI=1S/C12H14F3NO2S/c13-9-7-10(14)12(11(15)8-9)19(17,18)16-5-3-1-2-4-6-16/h7-8H,1-6H2. The molecule has 0 spiro atoms. The Morgan fingerprint density at radius 2 is 1.37 bits per heavy atom. The highest BCUT2D eigenvalue weighted by Crippen LogP contribution is 2.25. The fraction of sp³-hybridized carbons (Fsp3) is 0.500. The van der Waals surface area contributed by atoms with Crippen molar-refractivity contribution in [2.75, 3.05) is 13.1 Å². The van der Waals surface area contributed by atoms with E-state index in [9.17, 15) is 21.6 Å². The third kappa shape index (κ3) is 2.92. The molecular weight excluding hydrogens is 279 g/mol. The van der Waals surface area contributed by atoms with Gasteiger partial charge < -0.3 is 0 Å². The Morgan fingerprint density at radius 3 is 1.84 bits per heavy atom. The van der Waals surface area contributed by atoms with Gasteiger partial charge in [-0.2, -0.15) is 4.31 Å². The second-order valence-electron chi connectivity index (χ2n) is 4.52. The van der Waals surface area contributed by atoms with Gasteiger partial charge in [0.15, 0.2) is 4.90 Å². The Labute approximate surface area is 110 Å². The van der Waals surface area contributed by atoms with Gasteiger partial charge in [0.25, 0.3) is 0 Å². The maximum atomic E-state index is 13.6. The van der Waals surface area contributed by atoms with Crippen LogP contribution in [0.4, 0.5) is 13.2 Å². The summed E-state index contributed by atoms with van der Waals surface area (Å²) in [6.45, 7) is 0.469. The summed E-state index contributed by atoms with van der Waals surface area (Å²) in [5.74, 6) is -3.91. The smallest absolute Gasteiger partial charge is 0.207 e. The molecule has 0 aromatic heterocycles. The minimum Gasteiger partial charge on any atom is -0.207 e. The zero-order chi connectivity index (χ0) is 14.0. The Balaban J connectivity index is 2.44. The summed E-state index contributed by atoms with van der Waals surface area (Å²) < 4.78 is 65.5. The fourth-order valence-corrected chi connectivity index (χ4v) is 3.79. The molecule has 19 heavy (non-hydrogen) atoms. The summed E-state index contributed by atoms with van der Waals surface area (Å²) in [4.78, 5) is -1.06. The molecule has 0 aliphatic carbocycles. The minimum absolute atomic E-state index is 0.235. The molecule has 0 saturated carbocycles. The lowest BCUT2D eigenvalue weighted by Crippen LogP contribution is -2.33. The number of hydrogen-bond acceptors (Lipinski definition) is 2. The summed E-state index contributed by atoms with van der Waals surface area (Å²) >= 11 is 0. The third-order valence-electron chi connectivity index (χ3n) is 3.13. The average molecular weight is 293 g/mol. The van der Waals surface area contributed by atoms with Crippen LogP contribution in [-0.2, 0) is 10.0 Å². The highest BCUT2D eigenvalue weighted by Gasteiger charge is 2.31. The topological polar surface area (TPSA) is 37.4 Å². The molecular formula is C12H14F3NO2S. The van der Waals surface area contributed by atoms with Crippen LogP contribution in [0.5, 0.6) is 0 Å². The molecule has 1 fully saturated rings. The summed E-state index contributed by atoms with van der Waals surface area (Å²) in [7, 11) is -4.25. The lowest BCUT2D eigenvalue weighted by Gasteiger charge is -2.20. The predicted molar refractivity (Wildman–Crippen MR) is 63.5 cm³/mol. The van der Waals surface area contributed by atoms with E-state index in [0.29, 0.717) is 25.0 Å². The van der Waals surface area contributed by atoms with Crippen LogP contribution in [0.3, 0.4) is 0 Å². The van der Waals surface area contributed by atoms with Crippen molar-refractivity contribution in [1.82, 2.24) is 4.31 Å². The first-order valence-corrected chi connectivity index (χ1v) is 7.51. The third-order valence-corrected chi connectivity index (χ3v) is 5.08. The highest BCUT2D eigenvalue weighted by atomic mass is 32.2. The monoisotopic (exact) mass is 293 g/mol. The van der Waals surface area contributed by atoms with Crippen molar-refractivity contribution < 1.29 is 21.6 Å². The lowest BCUT2D eigenvalue weighted by atomic mass is 10.2. The van der Waals surface area contributed by atoms with Crippen LogP contribution < -0.4 is 0 Å². The first-order valence-electron chi connectivity index (χ1n) is 6.07. The number of nitrogens with zero attached hydrogens (tertiary/aromatic N) is 1. The molecule has 0 bridgehead atoms. The number of benzene rings is 1. The van der Waals surface area contributed by atoms with Gasteiger partial charge in [0.1, 0.15) is 17.5 Å². The molecule has 1 aromatic rings. The normalized spacial score (nSPS) is 18.3. The first-order chi connectivity index (χ1) is 8.93. The molecule has 106 valence electrons. The van der Waals surface area contributed by atoms with Crippen molar-refractivity contribution in [1.29, 1.82) is 0 Å². The molecule has 0 radical (unpaired) electrons. The minimum atomic E-state index is -4.25. The van der Waals surface area contributed by atoms with E-state index in [1.54, 1.807) is 0 Å². The van der Waals surface area contributed by atoms with E-state index >= 15 is 0 Å². The molecule has 3 nitrogen and oxygen atoms in total. The molecule has 1 aliphatic rings. The van der Waals surface area contributed by atoms with Crippen LogP contribution in [0.15, 0.2) is 17.0 Å². The van der Waals surface area contributed by atoms with E-state index in [1.165, 1.54) is 0 Å². The van der Waals surface area contributed by atoms with Gasteiger partial charge >= 0.3 is 0 Å². The van der Waals surface area contributed by atoms with E-state index in [1.807, 2.05) is 0 Å². The molecule has 2 rings (SSSR count). The van der Waals surface area contributed by atoms with E-state index in [4.69, 9.17) is 0 Å². The van der Waals surface area contributed by atoms with Gasteiger partial charge in [0.2, 0.25) is 10.0 Å². The van der Waals surface area contributed by atoms with Crippen LogP contribution in [0.25, 0.3) is 0 Å². The number of hydrogen-bond donors (Lipinski definition) is 0. The summed E-state index contributed by atoms with van der Waals surface area (Å²) in [5.41, 5.74) is 0. The molecule has 1 heterocycles. The van der Waals surface area contributed by atoms with Gasteiger partial charge in [-0.15, -0.1) is 0 Å². The molecule has 0 N–H and O–H groups in total. The highest BCUT2D eigenvalue weighted by molar-refractivity contribution is 7.89. The Bertz CT molecular complexity index is 543. The summed E-state index contributed by atoms with van der Waals surface area (Å²) in [5, 5.41) is 0. The Kier molecular flexibility index (Phi) is 4.15. The quantitative estimate of drug-likeness (QED) is 0.840. The summed E-state index contributed by atoms with van der Waals surface area (Å²) in [6.07, 6.45) is 3.09. The van der Waals surface area contributed by atoms with Crippen LogP contribution >= 0.6 is 0 Å². The fourth-order valence-electron chi connectivity index (χ4n) is 2.19. The van der Waals surface area contributed by atoms with Crippen molar-refractivity contribution in [3.8, 4) is 0 Å². The van der Waals surface area contributed by atoms with Gasteiger partial charge in [-0.3, -0.25) is 0 Å². The molecule has 1 aromatic carbocycles. The van der Waals surface area contributed by atoms with E-state index < -0.39 is 32.4 Å². The van der Waals surface area contributed by atoms with Gasteiger partial charge in [0, 0.05) is 25.2 Å². The van der Waals surface area contributed by atoms with Crippen LogP contribution in [0, 0.1) is 17.5 Å². The van der Waals surface area contributed by atoms with Gasteiger partial charge in [0.05, 0.1) is 0 Å². The molecule has 0 atom stereocenters. The van der Waals surface area contributed by atoms with E-state index in [-0.39, 0.29) is 13.1 Å². The largest absolute Gasteiger partial charge is 0.248 e. The van der Waals surface area contributed by atoms with Crippen molar-refractivity contribution in [3.05, 3.63) is 29.6 Å².